The number of rotatable bonds is 6. The predicted octanol–water partition coefficient (Wildman–Crippen LogP) is 1.77. The Labute approximate surface area is 146 Å². The summed E-state index contributed by atoms with van der Waals surface area (Å²) in [6, 6.07) is 8.24. The highest BCUT2D eigenvalue weighted by molar-refractivity contribution is 5.53. The van der Waals surface area contributed by atoms with Crippen LogP contribution in [0, 0.1) is 0 Å². The van der Waals surface area contributed by atoms with E-state index in [4.69, 9.17) is 0 Å². The molecular weight excluding hydrogens is 319 g/mol. The summed E-state index contributed by atoms with van der Waals surface area (Å²) in [6.45, 7) is 2.73. The molecule has 1 aliphatic rings. The van der Waals surface area contributed by atoms with Gasteiger partial charge in [0.05, 0.1) is 17.4 Å². The molecule has 0 unspecified atom stereocenters. The molecule has 1 N–H and O–H groups in total. The molecule has 7 heteroatoms. The summed E-state index contributed by atoms with van der Waals surface area (Å²) < 4.78 is 17.7. The van der Waals surface area contributed by atoms with Gasteiger partial charge in [-0.05, 0) is 24.6 Å². The number of hydrogen-bond acceptors (Lipinski definition) is 4. The minimum Gasteiger partial charge on any atom is -0.311 e. The lowest BCUT2D eigenvalue weighted by atomic mass is 10.2. The number of likely N-dealkylation sites (tertiary alicyclic amines) is 1. The molecule has 0 aromatic carbocycles. The highest BCUT2D eigenvalue weighted by Crippen LogP contribution is 2.22. The van der Waals surface area contributed by atoms with Crippen LogP contribution in [0.4, 0.5) is 4.39 Å². The van der Waals surface area contributed by atoms with Crippen LogP contribution < -0.4 is 5.32 Å². The second-order valence-electron chi connectivity index (χ2n) is 6.69. The van der Waals surface area contributed by atoms with Crippen LogP contribution in [0.25, 0.3) is 5.52 Å². The van der Waals surface area contributed by atoms with Crippen molar-refractivity contribution >= 4 is 5.52 Å². The fraction of sp³-hybridized carbons (Fsp3) is 0.444. The van der Waals surface area contributed by atoms with Gasteiger partial charge in [-0.1, -0.05) is 6.07 Å². The lowest BCUT2D eigenvalue weighted by molar-refractivity contribution is 0.224. The van der Waals surface area contributed by atoms with Gasteiger partial charge < -0.3 is 5.32 Å². The van der Waals surface area contributed by atoms with E-state index in [9.17, 15) is 4.39 Å². The molecule has 0 saturated carbocycles. The van der Waals surface area contributed by atoms with E-state index >= 15 is 0 Å². The number of hydrogen-bond donors (Lipinski definition) is 1. The maximum Gasteiger partial charge on any atom is 0.114 e. The van der Waals surface area contributed by atoms with Crippen LogP contribution in [0.1, 0.15) is 17.7 Å². The molecule has 0 radical (unpaired) electrons. The van der Waals surface area contributed by atoms with Crippen LogP contribution in [-0.4, -0.2) is 49.6 Å². The van der Waals surface area contributed by atoms with Crippen LogP contribution in [0.2, 0.25) is 0 Å². The number of aromatic nitrogens is 4. The van der Waals surface area contributed by atoms with E-state index in [1.54, 1.807) is 6.20 Å². The Hall–Kier alpha value is -2.25. The summed E-state index contributed by atoms with van der Waals surface area (Å²) >= 11 is 0. The smallest absolute Gasteiger partial charge is 0.114 e. The summed E-state index contributed by atoms with van der Waals surface area (Å²) in [6.07, 6.45) is 5.45. The third-order valence-electron chi connectivity index (χ3n) is 4.97. The second-order valence-corrected chi connectivity index (χ2v) is 6.69. The van der Waals surface area contributed by atoms with Crippen molar-refractivity contribution in [2.24, 2.45) is 7.05 Å². The lowest BCUT2D eigenvalue weighted by Gasteiger charge is -2.24. The Morgan fingerprint density at radius 3 is 3.04 bits per heavy atom. The molecule has 4 rings (SSSR count). The number of nitrogens with one attached hydrogen (secondary N) is 1. The average molecular weight is 342 g/mol. The quantitative estimate of drug-likeness (QED) is 0.742. The Kier molecular flexibility index (Phi) is 4.50. The van der Waals surface area contributed by atoms with Crippen LogP contribution in [-0.2, 0) is 20.1 Å². The predicted molar refractivity (Wildman–Crippen MR) is 93.8 cm³/mol. The molecule has 25 heavy (non-hydrogen) atoms. The first-order valence-electron chi connectivity index (χ1n) is 8.67. The monoisotopic (exact) mass is 342 g/mol. The van der Waals surface area contributed by atoms with Gasteiger partial charge in [0, 0.05) is 57.2 Å². The SMILES string of the molecule is Cn1nccc1CN1C[C@@H](F)C[C@H]1CNCc1cnn2ccccc12. The Morgan fingerprint density at radius 2 is 2.20 bits per heavy atom. The van der Waals surface area contributed by atoms with Gasteiger partial charge in [-0.2, -0.15) is 10.2 Å². The van der Waals surface area contributed by atoms with E-state index < -0.39 is 6.17 Å². The number of halogens is 1. The van der Waals surface area contributed by atoms with Crippen LogP contribution >= 0.6 is 0 Å². The normalized spacial score (nSPS) is 21.4. The third-order valence-corrected chi connectivity index (χ3v) is 4.97. The maximum absolute atomic E-state index is 14.0. The zero-order chi connectivity index (χ0) is 17.2. The average Bonchev–Trinajstić information content (AvgIpc) is 3.29. The number of fused-ring (bicyclic) bond motifs is 1. The van der Waals surface area contributed by atoms with Gasteiger partial charge in [-0.25, -0.2) is 8.91 Å². The number of alkyl halides is 1. The molecule has 1 aliphatic heterocycles. The second kappa shape index (κ2) is 6.93. The van der Waals surface area contributed by atoms with Crippen molar-refractivity contribution in [3.8, 4) is 0 Å². The van der Waals surface area contributed by atoms with Crippen molar-refractivity contribution in [1.82, 2.24) is 29.6 Å². The molecule has 2 atom stereocenters. The molecule has 132 valence electrons. The van der Waals surface area contributed by atoms with E-state index in [1.165, 1.54) is 0 Å². The third kappa shape index (κ3) is 3.43. The minimum absolute atomic E-state index is 0.201. The first-order chi connectivity index (χ1) is 12.2. The Balaban J connectivity index is 1.37. The van der Waals surface area contributed by atoms with E-state index in [2.05, 4.69) is 26.5 Å². The van der Waals surface area contributed by atoms with Crippen molar-refractivity contribution in [2.75, 3.05) is 13.1 Å². The zero-order valence-electron chi connectivity index (χ0n) is 14.3. The molecule has 1 saturated heterocycles. The van der Waals surface area contributed by atoms with Gasteiger partial charge in [0.1, 0.15) is 6.17 Å². The maximum atomic E-state index is 14.0. The van der Waals surface area contributed by atoms with Crippen molar-refractivity contribution in [1.29, 1.82) is 0 Å². The van der Waals surface area contributed by atoms with Crippen molar-refractivity contribution < 1.29 is 4.39 Å². The topological polar surface area (TPSA) is 50.4 Å². The summed E-state index contributed by atoms with van der Waals surface area (Å²) in [4.78, 5) is 2.21. The van der Waals surface area contributed by atoms with E-state index in [0.717, 1.165) is 36.4 Å². The fourth-order valence-corrected chi connectivity index (χ4v) is 3.59. The number of nitrogens with zero attached hydrogens (tertiary/aromatic N) is 5. The van der Waals surface area contributed by atoms with Crippen molar-refractivity contribution in [3.63, 3.8) is 0 Å². The van der Waals surface area contributed by atoms with Gasteiger partial charge >= 0.3 is 0 Å². The van der Waals surface area contributed by atoms with Crippen molar-refractivity contribution in [2.45, 2.75) is 31.7 Å². The van der Waals surface area contributed by atoms with Crippen LogP contribution in [0.5, 0.6) is 0 Å². The summed E-state index contributed by atoms with van der Waals surface area (Å²) in [7, 11) is 1.93. The Morgan fingerprint density at radius 1 is 1.28 bits per heavy atom. The number of aryl methyl sites for hydroxylation is 1. The first-order valence-corrected chi connectivity index (χ1v) is 8.67. The zero-order valence-corrected chi connectivity index (χ0v) is 14.3. The molecule has 3 aromatic rings. The van der Waals surface area contributed by atoms with Crippen molar-refractivity contribution in [3.05, 3.63) is 54.1 Å². The van der Waals surface area contributed by atoms with Gasteiger partial charge in [-0.3, -0.25) is 9.58 Å². The van der Waals surface area contributed by atoms with Gasteiger partial charge in [0.15, 0.2) is 0 Å². The molecular formula is C18H23FN6. The molecule has 3 aromatic heterocycles. The molecule has 0 aliphatic carbocycles. The molecule has 1 fully saturated rings. The summed E-state index contributed by atoms with van der Waals surface area (Å²) in [5.74, 6) is 0. The largest absolute Gasteiger partial charge is 0.311 e. The molecule has 0 bridgehead atoms. The highest BCUT2D eigenvalue weighted by atomic mass is 19.1. The molecule has 0 amide bonds. The van der Waals surface area contributed by atoms with Gasteiger partial charge in [0.2, 0.25) is 0 Å². The standard InChI is InChI=1S/C18H23FN6/c1-23-16(5-6-21-23)13-24-12-15(19)8-17(24)11-20-9-14-10-22-25-7-3-2-4-18(14)25/h2-7,10,15,17,20H,8-9,11-13H2,1H3/t15-,17-/m0/s1. The molecule has 6 nitrogen and oxygen atoms in total. The van der Waals surface area contributed by atoms with Crippen LogP contribution in [0.15, 0.2) is 42.9 Å². The molecule has 4 heterocycles. The van der Waals surface area contributed by atoms with E-state index in [1.807, 2.05) is 46.8 Å². The number of pyridine rings is 1. The summed E-state index contributed by atoms with van der Waals surface area (Å²) in [5, 5.41) is 12.0. The fourth-order valence-electron chi connectivity index (χ4n) is 3.59. The minimum atomic E-state index is -0.753. The summed E-state index contributed by atoms with van der Waals surface area (Å²) in [5.41, 5.74) is 3.38. The van der Waals surface area contributed by atoms with Gasteiger partial charge in [0.25, 0.3) is 0 Å². The molecule has 0 spiro atoms. The Bertz CT molecular complexity index is 841. The lowest BCUT2D eigenvalue weighted by Crippen LogP contribution is -2.37. The highest BCUT2D eigenvalue weighted by Gasteiger charge is 2.32. The van der Waals surface area contributed by atoms with E-state index in [0.29, 0.717) is 13.0 Å². The van der Waals surface area contributed by atoms with Gasteiger partial charge in [-0.15, -0.1) is 0 Å². The van der Waals surface area contributed by atoms with E-state index in [-0.39, 0.29) is 6.04 Å². The van der Waals surface area contributed by atoms with Crippen LogP contribution in [0.3, 0.4) is 0 Å². The first kappa shape index (κ1) is 16.2.